The minimum absolute atomic E-state index is 0.00969. The van der Waals surface area contributed by atoms with Gasteiger partial charge in [0.15, 0.2) is 5.11 Å². The topological polar surface area (TPSA) is 85.7 Å². The molecule has 0 amide bonds. The van der Waals surface area contributed by atoms with Crippen LogP contribution in [0.5, 0.6) is 0 Å². The molecule has 3 heterocycles. The van der Waals surface area contributed by atoms with E-state index >= 15 is 0 Å². The Hall–Kier alpha value is -2.08. The number of aromatic nitrogens is 2. The summed E-state index contributed by atoms with van der Waals surface area (Å²) in [6.07, 6.45) is 7.71. The zero-order valence-corrected chi connectivity index (χ0v) is 21.9. The maximum Gasteiger partial charge on any atom is 0.228 e. The van der Waals surface area contributed by atoms with Gasteiger partial charge in [-0.05, 0) is 68.4 Å². The number of benzene rings is 1. The van der Waals surface area contributed by atoms with Crippen molar-refractivity contribution in [1.82, 2.24) is 19.8 Å². The molecular weight excluding hydrogens is 503 g/mol. The van der Waals surface area contributed by atoms with Crippen LogP contribution in [0.1, 0.15) is 49.8 Å². The SMILES string of the molecule is O=S(=O)(Cc1ccc(F)cc1)c1ncc(CN(CC2CCCO2)C(=S)NC2CC2)n1CC1CCCO1. The van der Waals surface area contributed by atoms with Gasteiger partial charge in [0.2, 0.25) is 15.0 Å². The van der Waals surface area contributed by atoms with Crippen molar-refractivity contribution >= 4 is 27.2 Å². The molecule has 1 aliphatic carbocycles. The molecule has 0 bridgehead atoms. The molecule has 1 aromatic carbocycles. The average Bonchev–Trinajstić information content (AvgIpc) is 3.24. The summed E-state index contributed by atoms with van der Waals surface area (Å²) in [7, 11) is -3.78. The number of ether oxygens (including phenoxy) is 2. The van der Waals surface area contributed by atoms with Gasteiger partial charge in [0.05, 0.1) is 42.9 Å². The molecular formula is C25H33FN4O4S2. The Balaban J connectivity index is 1.41. The number of thiocarbonyl (C=S) groups is 1. The van der Waals surface area contributed by atoms with Gasteiger partial charge in [-0.3, -0.25) is 0 Å². The van der Waals surface area contributed by atoms with E-state index in [9.17, 15) is 12.8 Å². The van der Waals surface area contributed by atoms with E-state index < -0.39 is 15.7 Å². The monoisotopic (exact) mass is 536 g/mol. The van der Waals surface area contributed by atoms with Crippen molar-refractivity contribution in [2.75, 3.05) is 19.8 Å². The highest BCUT2D eigenvalue weighted by molar-refractivity contribution is 7.90. The van der Waals surface area contributed by atoms with Crippen molar-refractivity contribution < 1.29 is 22.3 Å². The molecule has 1 N–H and O–H groups in total. The van der Waals surface area contributed by atoms with Crippen molar-refractivity contribution in [3.8, 4) is 0 Å². The first-order valence-corrected chi connectivity index (χ1v) is 14.7. The van der Waals surface area contributed by atoms with Crippen LogP contribution in [0.25, 0.3) is 0 Å². The number of sulfone groups is 1. The van der Waals surface area contributed by atoms with Crippen LogP contribution < -0.4 is 5.32 Å². The lowest BCUT2D eigenvalue weighted by molar-refractivity contribution is 0.0862. The Labute approximate surface area is 217 Å². The third-order valence-corrected chi connectivity index (χ3v) is 8.82. The molecule has 5 rings (SSSR count). The second kappa shape index (κ2) is 11.1. The Morgan fingerprint density at radius 3 is 2.44 bits per heavy atom. The molecule has 0 radical (unpaired) electrons. The first kappa shape index (κ1) is 25.6. The largest absolute Gasteiger partial charge is 0.376 e. The van der Waals surface area contributed by atoms with Gasteiger partial charge >= 0.3 is 0 Å². The first-order chi connectivity index (χ1) is 17.4. The van der Waals surface area contributed by atoms with Crippen LogP contribution in [0.2, 0.25) is 0 Å². The second-order valence-corrected chi connectivity index (χ2v) is 12.2. The normalized spacial score (nSPS) is 22.1. The van der Waals surface area contributed by atoms with Gasteiger partial charge in [-0.1, -0.05) is 12.1 Å². The van der Waals surface area contributed by atoms with Crippen LogP contribution in [-0.4, -0.2) is 66.0 Å². The minimum atomic E-state index is -3.78. The zero-order valence-electron chi connectivity index (χ0n) is 20.3. The highest BCUT2D eigenvalue weighted by Crippen LogP contribution is 2.24. The number of hydrogen-bond acceptors (Lipinski definition) is 6. The molecule has 2 unspecified atom stereocenters. The molecule has 2 saturated heterocycles. The van der Waals surface area contributed by atoms with E-state index in [1.54, 1.807) is 10.8 Å². The van der Waals surface area contributed by atoms with Gasteiger partial charge in [0.1, 0.15) is 5.82 Å². The fraction of sp³-hybridized carbons (Fsp3) is 0.600. The molecule has 1 saturated carbocycles. The Morgan fingerprint density at radius 2 is 1.81 bits per heavy atom. The number of hydrogen-bond donors (Lipinski definition) is 1. The van der Waals surface area contributed by atoms with Crippen LogP contribution in [0, 0.1) is 5.82 Å². The summed E-state index contributed by atoms with van der Waals surface area (Å²) in [5.74, 6) is -0.656. The molecule has 2 aliphatic heterocycles. The standard InChI is InChI=1S/C25H33FN4O4S2/c26-19-7-5-18(6-8-19)17-36(31,32)25-27-13-21(30(25)16-23-4-2-12-34-23)14-29(15-22-3-1-11-33-22)24(35)28-20-9-10-20/h5-8,13,20,22-23H,1-4,9-12,14-17H2,(H,28,35). The number of rotatable bonds is 10. The Kier molecular flexibility index (Phi) is 7.90. The lowest BCUT2D eigenvalue weighted by Gasteiger charge is -2.29. The second-order valence-electron chi connectivity index (χ2n) is 9.90. The van der Waals surface area contributed by atoms with Gasteiger partial charge in [-0.2, -0.15) is 0 Å². The van der Waals surface area contributed by atoms with Crippen molar-refractivity contribution in [3.63, 3.8) is 0 Å². The fourth-order valence-electron chi connectivity index (χ4n) is 4.76. The summed E-state index contributed by atoms with van der Waals surface area (Å²) in [6, 6.07) is 5.93. The molecule has 8 nitrogen and oxygen atoms in total. The Morgan fingerprint density at radius 1 is 1.11 bits per heavy atom. The van der Waals surface area contributed by atoms with E-state index in [1.165, 1.54) is 24.3 Å². The minimum Gasteiger partial charge on any atom is -0.376 e. The number of nitrogens with zero attached hydrogens (tertiary/aromatic N) is 3. The molecule has 3 aliphatic rings. The quantitative estimate of drug-likeness (QED) is 0.464. The zero-order chi connectivity index (χ0) is 25.1. The van der Waals surface area contributed by atoms with E-state index in [-0.39, 0.29) is 23.1 Å². The van der Waals surface area contributed by atoms with E-state index in [0.29, 0.717) is 43.0 Å². The maximum atomic E-state index is 13.5. The fourth-order valence-corrected chi connectivity index (χ4v) is 6.57. The predicted molar refractivity (Wildman–Crippen MR) is 137 cm³/mol. The van der Waals surface area contributed by atoms with Crippen LogP contribution in [0.4, 0.5) is 4.39 Å². The molecule has 2 atom stereocenters. The number of imidazole rings is 1. The number of nitrogens with one attached hydrogen (secondary N) is 1. The summed E-state index contributed by atoms with van der Waals surface area (Å²) in [6.45, 7) is 2.90. The van der Waals surface area contributed by atoms with E-state index in [1.807, 2.05) is 0 Å². The molecule has 196 valence electrons. The molecule has 2 aromatic rings. The molecule has 36 heavy (non-hydrogen) atoms. The van der Waals surface area contributed by atoms with Crippen molar-refractivity contribution in [2.45, 2.75) is 80.8 Å². The summed E-state index contributed by atoms with van der Waals surface area (Å²) in [5.41, 5.74) is 1.28. The lowest BCUT2D eigenvalue weighted by Crippen LogP contribution is -2.44. The van der Waals surface area contributed by atoms with E-state index in [2.05, 4.69) is 15.2 Å². The molecule has 3 fully saturated rings. The van der Waals surface area contributed by atoms with Crippen LogP contribution >= 0.6 is 12.2 Å². The van der Waals surface area contributed by atoms with Crippen LogP contribution in [-0.2, 0) is 38.2 Å². The summed E-state index contributed by atoms with van der Waals surface area (Å²) >= 11 is 5.75. The summed E-state index contributed by atoms with van der Waals surface area (Å²) in [4.78, 5) is 6.46. The van der Waals surface area contributed by atoms with Crippen LogP contribution in [0.3, 0.4) is 0 Å². The first-order valence-electron chi connectivity index (χ1n) is 12.7. The highest BCUT2D eigenvalue weighted by Gasteiger charge is 2.30. The third kappa shape index (κ3) is 6.42. The smallest absolute Gasteiger partial charge is 0.228 e. The molecule has 1 aromatic heterocycles. The van der Waals surface area contributed by atoms with Gasteiger partial charge < -0.3 is 24.3 Å². The summed E-state index contributed by atoms with van der Waals surface area (Å²) in [5, 5.41) is 4.08. The maximum absolute atomic E-state index is 13.5. The summed E-state index contributed by atoms with van der Waals surface area (Å²) < 4.78 is 53.7. The predicted octanol–water partition coefficient (Wildman–Crippen LogP) is 3.19. The van der Waals surface area contributed by atoms with E-state index in [0.717, 1.165) is 50.8 Å². The van der Waals surface area contributed by atoms with Crippen LogP contribution in [0.15, 0.2) is 35.6 Å². The molecule has 0 spiro atoms. The van der Waals surface area contributed by atoms with Crippen molar-refractivity contribution in [1.29, 1.82) is 0 Å². The van der Waals surface area contributed by atoms with Crippen molar-refractivity contribution in [2.24, 2.45) is 0 Å². The van der Waals surface area contributed by atoms with Gasteiger partial charge in [0, 0.05) is 25.8 Å². The van der Waals surface area contributed by atoms with E-state index in [4.69, 9.17) is 21.7 Å². The average molecular weight is 537 g/mol. The number of halogens is 1. The third-order valence-electron chi connectivity index (χ3n) is 6.85. The van der Waals surface area contributed by atoms with Gasteiger partial charge in [0.25, 0.3) is 0 Å². The van der Waals surface area contributed by atoms with Gasteiger partial charge in [-0.25, -0.2) is 17.8 Å². The van der Waals surface area contributed by atoms with Gasteiger partial charge in [-0.15, -0.1) is 0 Å². The van der Waals surface area contributed by atoms with Crippen molar-refractivity contribution in [3.05, 3.63) is 47.5 Å². The molecule has 11 heteroatoms. The highest BCUT2D eigenvalue weighted by atomic mass is 32.2. The lowest BCUT2D eigenvalue weighted by atomic mass is 10.2. The Bertz CT molecular complexity index is 1160.